The van der Waals surface area contributed by atoms with Gasteiger partial charge in [-0.2, -0.15) is 5.26 Å². The molecule has 0 bridgehead atoms. The van der Waals surface area contributed by atoms with E-state index in [0.29, 0.717) is 22.5 Å². The summed E-state index contributed by atoms with van der Waals surface area (Å²) < 4.78 is 0. The predicted octanol–water partition coefficient (Wildman–Crippen LogP) is 2.83. The molecular weight excluding hydrogens is 268 g/mol. The first kappa shape index (κ1) is 14.4. The Bertz CT molecular complexity index is 771. The number of carboxylic acids is 1. The average molecular weight is 280 g/mol. The zero-order valence-electron chi connectivity index (χ0n) is 11.5. The van der Waals surface area contributed by atoms with Crippen LogP contribution in [-0.2, 0) is 0 Å². The zero-order valence-corrected chi connectivity index (χ0v) is 11.5. The molecule has 0 saturated carbocycles. The maximum atomic E-state index is 11.3. The standard InChI is InChI=1S/C16H12N2O3/c1-9-14(16(20)21)7-13(8-17)15(18-9)12-5-3-11(4-6-12)10(2)19/h3-7H,1-2H3,(H,20,21). The first-order valence-corrected chi connectivity index (χ1v) is 6.20. The largest absolute Gasteiger partial charge is 0.478 e. The van der Waals surface area contributed by atoms with Crippen LogP contribution in [0.15, 0.2) is 30.3 Å². The second kappa shape index (κ2) is 5.55. The van der Waals surface area contributed by atoms with Gasteiger partial charge in [-0.25, -0.2) is 4.79 Å². The molecule has 0 spiro atoms. The molecule has 0 aliphatic carbocycles. The molecule has 0 aliphatic rings. The van der Waals surface area contributed by atoms with E-state index in [1.54, 1.807) is 31.2 Å². The van der Waals surface area contributed by atoms with Crippen molar-refractivity contribution in [1.29, 1.82) is 5.26 Å². The fourth-order valence-corrected chi connectivity index (χ4v) is 1.99. The molecule has 1 aromatic carbocycles. The number of rotatable bonds is 3. The Morgan fingerprint density at radius 3 is 2.33 bits per heavy atom. The van der Waals surface area contributed by atoms with Crippen molar-refractivity contribution in [2.75, 3.05) is 0 Å². The number of carboxylic acid groups (broad SMARTS) is 1. The number of nitriles is 1. The number of nitrogens with zero attached hydrogens (tertiary/aromatic N) is 2. The van der Waals surface area contributed by atoms with Gasteiger partial charge in [0.2, 0.25) is 0 Å². The third kappa shape index (κ3) is 2.79. The number of aromatic nitrogens is 1. The minimum Gasteiger partial charge on any atom is -0.478 e. The van der Waals surface area contributed by atoms with Gasteiger partial charge in [-0.05, 0) is 19.9 Å². The molecule has 1 N–H and O–H groups in total. The van der Waals surface area contributed by atoms with Gasteiger partial charge in [0.1, 0.15) is 6.07 Å². The highest BCUT2D eigenvalue weighted by molar-refractivity contribution is 5.94. The maximum Gasteiger partial charge on any atom is 0.337 e. The number of aryl methyl sites for hydroxylation is 1. The summed E-state index contributed by atoms with van der Waals surface area (Å²) in [7, 11) is 0. The number of benzene rings is 1. The third-order valence-corrected chi connectivity index (χ3v) is 3.13. The molecule has 0 atom stereocenters. The maximum absolute atomic E-state index is 11.3. The van der Waals surface area contributed by atoms with Crippen molar-refractivity contribution in [3.63, 3.8) is 0 Å². The Balaban J connectivity index is 2.58. The molecule has 0 radical (unpaired) electrons. The Morgan fingerprint density at radius 1 is 1.24 bits per heavy atom. The second-order valence-corrected chi connectivity index (χ2v) is 4.57. The summed E-state index contributed by atoms with van der Waals surface area (Å²) in [5.74, 6) is -1.16. The van der Waals surface area contributed by atoms with Gasteiger partial charge in [0.05, 0.1) is 22.5 Å². The van der Waals surface area contributed by atoms with Crippen LogP contribution < -0.4 is 0 Å². The van der Waals surface area contributed by atoms with E-state index in [9.17, 15) is 14.9 Å². The van der Waals surface area contributed by atoms with E-state index >= 15 is 0 Å². The molecule has 5 heteroatoms. The summed E-state index contributed by atoms with van der Waals surface area (Å²) in [5, 5.41) is 18.2. The van der Waals surface area contributed by atoms with Gasteiger partial charge in [0.25, 0.3) is 0 Å². The van der Waals surface area contributed by atoms with Crippen molar-refractivity contribution in [3.05, 3.63) is 52.7 Å². The summed E-state index contributed by atoms with van der Waals surface area (Å²) in [6.07, 6.45) is 0. The molecule has 0 saturated heterocycles. The average Bonchev–Trinajstić information content (AvgIpc) is 2.46. The SMILES string of the molecule is CC(=O)c1ccc(-c2nc(C)c(C(=O)O)cc2C#N)cc1. The van der Waals surface area contributed by atoms with E-state index in [1.807, 2.05) is 6.07 Å². The Morgan fingerprint density at radius 2 is 1.86 bits per heavy atom. The van der Waals surface area contributed by atoms with Gasteiger partial charge in [-0.15, -0.1) is 0 Å². The monoisotopic (exact) mass is 280 g/mol. The molecule has 1 aromatic heterocycles. The topological polar surface area (TPSA) is 91.1 Å². The zero-order chi connectivity index (χ0) is 15.6. The van der Waals surface area contributed by atoms with Crippen LogP contribution in [0.4, 0.5) is 0 Å². The number of carbonyl (C=O) groups is 2. The lowest BCUT2D eigenvalue weighted by molar-refractivity contribution is 0.0695. The smallest absolute Gasteiger partial charge is 0.337 e. The summed E-state index contributed by atoms with van der Waals surface area (Å²) in [5.41, 5.74) is 2.18. The van der Waals surface area contributed by atoms with Gasteiger partial charge in [0, 0.05) is 11.1 Å². The minimum atomic E-state index is -1.12. The van der Waals surface area contributed by atoms with Crippen LogP contribution in [0.2, 0.25) is 0 Å². The predicted molar refractivity (Wildman–Crippen MR) is 76.1 cm³/mol. The van der Waals surface area contributed by atoms with E-state index in [0.717, 1.165) is 0 Å². The highest BCUT2D eigenvalue weighted by atomic mass is 16.4. The number of carbonyl (C=O) groups excluding carboxylic acids is 1. The molecule has 2 rings (SSSR count). The van der Waals surface area contributed by atoms with Crippen LogP contribution in [0.1, 0.15) is 38.9 Å². The van der Waals surface area contributed by atoms with Crippen LogP contribution in [0.3, 0.4) is 0 Å². The molecular formula is C16H12N2O3. The van der Waals surface area contributed by atoms with Crippen molar-refractivity contribution in [2.24, 2.45) is 0 Å². The molecule has 0 fully saturated rings. The molecule has 104 valence electrons. The van der Waals surface area contributed by atoms with E-state index in [-0.39, 0.29) is 16.9 Å². The van der Waals surface area contributed by atoms with E-state index in [2.05, 4.69) is 4.98 Å². The molecule has 2 aromatic rings. The Hall–Kier alpha value is -3.00. The van der Waals surface area contributed by atoms with E-state index in [4.69, 9.17) is 5.11 Å². The van der Waals surface area contributed by atoms with E-state index < -0.39 is 5.97 Å². The number of aromatic carboxylic acids is 1. The van der Waals surface area contributed by atoms with Crippen LogP contribution >= 0.6 is 0 Å². The van der Waals surface area contributed by atoms with Gasteiger partial charge < -0.3 is 5.11 Å². The van der Waals surface area contributed by atoms with Gasteiger partial charge >= 0.3 is 5.97 Å². The van der Waals surface area contributed by atoms with Gasteiger partial charge in [-0.1, -0.05) is 24.3 Å². The number of hydrogen-bond acceptors (Lipinski definition) is 4. The molecule has 0 aliphatic heterocycles. The van der Waals surface area contributed by atoms with Crippen molar-refractivity contribution in [3.8, 4) is 17.3 Å². The van der Waals surface area contributed by atoms with Crippen molar-refractivity contribution in [2.45, 2.75) is 13.8 Å². The molecule has 1 heterocycles. The first-order valence-electron chi connectivity index (χ1n) is 6.20. The number of ketones is 1. The summed E-state index contributed by atoms with van der Waals surface area (Å²) in [4.78, 5) is 26.5. The fraction of sp³-hybridized carbons (Fsp3) is 0.125. The molecule has 0 unspecified atom stereocenters. The quantitative estimate of drug-likeness (QED) is 0.873. The number of hydrogen-bond donors (Lipinski definition) is 1. The number of Topliss-reactive ketones (excluding diaryl/α,β-unsaturated/α-hetero) is 1. The van der Waals surface area contributed by atoms with E-state index in [1.165, 1.54) is 13.0 Å². The van der Waals surface area contributed by atoms with Crippen LogP contribution in [-0.4, -0.2) is 21.8 Å². The second-order valence-electron chi connectivity index (χ2n) is 4.57. The molecule has 5 nitrogen and oxygen atoms in total. The Labute approximate surface area is 121 Å². The number of pyridine rings is 1. The van der Waals surface area contributed by atoms with Crippen LogP contribution in [0.25, 0.3) is 11.3 Å². The highest BCUT2D eigenvalue weighted by Crippen LogP contribution is 2.24. The normalized spacial score (nSPS) is 9.95. The fourth-order valence-electron chi connectivity index (χ4n) is 1.99. The first-order chi connectivity index (χ1) is 9.93. The lowest BCUT2D eigenvalue weighted by Crippen LogP contribution is -2.04. The van der Waals surface area contributed by atoms with Gasteiger partial charge in [-0.3, -0.25) is 9.78 Å². The minimum absolute atomic E-state index is 0.00987. The lowest BCUT2D eigenvalue weighted by Gasteiger charge is -2.08. The third-order valence-electron chi connectivity index (χ3n) is 3.13. The van der Waals surface area contributed by atoms with Crippen molar-refractivity contribution < 1.29 is 14.7 Å². The summed E-state index contributed by atoms with van der Waals surface area (Å²) in [6, 6.07) is 9.98. The van der Waals surface area contributed by atoms with Crippen molar-refractivity contribution >= 4 is 11.8 Å². The lowest BCUT2D eigenvalue weighted by atomic mass is 10.0. The van der Waals surface area contributed by atoms with Crippen LogP contribution in [0, 0.1) is 18.3 Å². The summed E-state index contributed by atoms with van der Waals surface area (Å²) >= 11 is 0. The van der Waals surface area contributed by atoms with Gasteiger partial charge in [0.15, 0.2) is 5.78 Å². The van der Waals surface area contributed by atoms with Crippen LogP contribution in [0.5, 0.6) is 0 Å². The summed E-state index contributed by atoms with van der Waals surface area (Å²) in [6.45, 7) is 3.05. The molecule has 0 amide bonds. The van der Waals surface area contributed by atoms with Crippen molar-refractivity contribution in [1.82, 2.24) is 4.98 Å². The highest BCUT2D eigenvalue weighted by Gasteiger charge is 2.15. The Kier molecular flexibility index (Phi) is 3.81. The molecule has 21 heavy (non-hydrogen) atoms.